The smallest absolute Gasteiger partial charge is 0.294 e. The molecule has 0 aliphatic heterocycles. The first-order valence-corrected chi connectivity index (χ1v) is 9.03. The van der Waals surface area contributed by atoms with Crippen LogP contribution in [-0.2, 0) is 11.3 Å². The number of benzene rings is 1. The lowest BCUT2D eigenvalue weighted by Gasteiger charge is -2.08. The normalized spacial score (nSPS) is 10.8. The first-order valence-electron chi connectivity index (χ1n) is 9.03. The number of carbonyl (C=O) groups is 2. The van der Waals surface area contributed by atoms with Gasteiger partial charge in [-0.2, -0.15) is 0 Å². The van der Waals surface area contributed by atoms with Gasteiger partial charge in [-0.1, -0.05) is 42.0 Å². The molecule has 0 aliphatic carbocycles. The molecule has 5 heteroatoms. The monoisotopic (exact) mass is 369 g/mol. The summed E-state index contributed by atoms with van der Waals surface area (Å²) in [5, 5.41) is 2.68. The Morgan fingerprint density at radius 2 is 1.79 bits per heavy atom. The fourth-order valence-corrected chi connectivity index (χ4v) is 3.17. The molecule has 0 saturated carbocycles. The van der Waals surface area contributed by atoms with Gasteiger partial charge in [0.05, 0.1) is 12.2 Å². The molecular weight excluding hydrogens is 350 g/mol. The highest BCUT2D eigenvalue weighted by atomic mass is 16.2. The van der Waals surface area contributed by atoms with Crippen LogP contribution in [0.15, 0.2) is 79.1 Å². The molecule has 0 spiro atoms. The molecule has 1 amide bonds. The summed E-state index contributed by atoms with van der Waals surface area (Å²) >= 11 is 0. The second-order valence-corrected chi connectivity index (χ2v) is 6.60. The van der Waals surface area contributed by atoms with E-state index in [2.05, 4.69) is 10.3 Å². The van der Waals surface area contributed by atoms with Gasteiger partial charge in [0.1, 0.15) is 5.69 Å². The van der Waals surface area contributed by atoms with Gasteiger partial charge in [0.15, 0.2) is 0 Å². The summed E-state index contributed by atoms with van der Waals surface area (Å²) in [5.41, 5.74) is 4.69. The van der Waals surface area contributed by atoms with Crippen molar-refractivity contribution >= 4 is 17.2 Å². The quantitative estimate of drug-likeness (QED) is 0.430. The van der Waals surface area contributed by atoms with Crippen LogP contribution in [0.3, 0.4) is 0 Å². The number of nitrogens with one attached hydrogen (secondary N) is 1. The molecule has 4 aromatic rings. The van der Waals surface area contributed by atoms with Crippen LogP contribution in [0.5, 0.6) is 0 Å². The summed E-state index contributed by atoms with van der Waals surface area (Å²) in [4.78, 5) is 29.8. The van der Waals surface area contributed by atoms with Gasteiger partial charge in [-0.15, -0.1) is 0 Å². The molecule has 1 aromatic carbocycles. The molecule has 0 radical (unpaired) electrons. The van der Waals surface area contributed by atoms with Gasteiger partial charge in [0.2, 0.25) is 0 Å². The predicted octanol–water partition coefficient (Wildman–Crippen LogP) is 3.81. The first-order chi connectivity index (χ1) is 13.6. The minimum atomic E-state index is -0.650. The van der Waals surface area contributed by atoms with Crippen molar-refractivity contribution in [1.29, 1.82) is 0 Å². The van der Waals surface area contributed by atoms with E-state index in [1.54, 1.807) is 28.9 Å². The highest BCUT2D eigenvalue weighted by molar-refractivity contribution is 6.43. The van der Waals surface area contributed by atoms with Crippen LogP contribution in [0.25, 0.3) is 16.6 Å². The maximum atomic E-state index is 13.0. The van der Waals surface area contributed by atoms with Crippen LogP contribution in [0.4, 0.5) is 0 Å². The van der Waals surface area contributed by atoms with Crippen molar-refractivity contribution in [2.75, 3.05) is 0 Å². The van der Waals surface area contributed by atoms with Crippen molar-refractivity contribution < 1.29 is 9.59 Å². The molecule has 1 N–H and O–H groups in total. The average Bonchev–Trinajstić information content (AvgIpc) is 3.12. The molecule has 5 nitrogen and oxygen atoms in total. The fraction of sp³-hybridized carbons (Fsp3) is 0.0870. The van der Waals surface area contributed by atoms with Crippen LogP contribution in [-0.4, -0.2) is 21.1 Å². The molecule has 0 unspecified atom stereocenters. The van der Waals surface area contributed by atoms with Gasteiger partial charge in [-0.3, -0.25) is 14.6 Å². The minimum absolute atomic E-state index is 0.203. The van der Waals surface area contributed by atoms with E-state index in [1.807, 2.05) is 61.5 Å². The third-order valence-electron chi connectivity index (χ3n) is 4.62. The zero-order valence-corrected chi connectivity index (χ0v) is 15.4. The van der Waals surface area contributed by atoms with E-state index in [4.69, 9.17) is 0 Å². The summed E-state index contributed by atoms with van der Waals surface area (Å²) < 4.78 is 1.76. The lowest BCUT2D eigenvalue weighted by atomic mass is 10.0. The molecule has 0 fully saturated rings. The van der Waals surface area contributed by atoms with Crippen LogP contribution in [0.2, 0.25) is 0 Å². The number of rotatable bonds is 5. The molecule has 28 heavy (non-hydrogen) atoms. The Kier molecular flexibility index (Phi) is 4.72. The van der Waals surface area contributed by atoms with Crippen molar-refractivity contribution in [3.8, 4) is 11.1 Å². The Labute approximate surface area is 162 Å². The first kappa shape index (κ1) is 17.7. The number of Topliss-reactive ketones (excluding diaryl/α,β-unsaturated/α-hetero) is 1. The lowest BCUT2D eigenvalue weighted by molar-refractivity contribution is -0.117. The fourth-order valence-electron chi connectivity index (χ4n) is 3.17. The number of nitrogens with zero attached hydrogens (tertiary/aromatic N) is 2. The third-order valence-corrected chi connectivity index (χ3v) is 4.62. The van der Waals surface area contributed by atoms with E-state index in [0.717, 1.165) is 22.2 Å². The maximum Gasteiger partial charge on any atom is 0.294 e. The Hall–Kier alpha value is -3.73. The molecule has 0 bridgehead atoms. The van der Waals surface area contributed by atoms with E-state index in [-0.39, 0.29) is 6.54 Å². The molecule has 0 aliphatic rings. The number of ketones is 1. The molecule has 4 rings (SSSR count). The molecule has 138 valence electrons. The number of hydrogen-bond donors (Lipinski definition) is 1. The number of pyridine rings is 2. The summed E-state index contributed by atoms with van der Waals surface area (Å²) in [5.74, 6) is -1.22. The zero-order valence-electron chi connectivity index (χ0n) is 15.4. The second-order valence-electron chi connectivity index (χ2n) is 6.60. The van der Waals surface area contributed by atoms with Crippen LogP contribution in [0.1, 0.15) is 21.7 Å². The molecular formula is C23H19N3O2. The standard InChI is InChI=1S/C23H19N3O2/c1-16-8-10-17(11-9-16)20-14-19-7-3-5-13-26(19)21(20)22(27)23(28)25-15-18-6-2-4-12-24-18/h2-14H,15H2,1H3,(H,25,28). The Morgan fingerprint density at radius 3 is 2.54 bits per heavy atom. The maximum absolute atomic E-state index is 13.0. The summed E-state index contributed by atoms with van der Waals surface area (Å²) in [6, 6.07) is 21.0. The topological polar surface area (TPSA) is 63.5 Å². The summed E-state index contributed by atoms with van der Waals surface area (Å²) in [6.07, 6.45) is 3.45. The molecule has 3 heterocycles. The van der Waals surface area contributed by atoms with Gasteiger partial charge in [-0.25, -0.2) is 0 Å². The summed E-state index contributed by atoms with van der Waals surface area (Å²) in [6.45, 7) is 2.21. The minimum Gasteiger partial charge on any atom is -0.343 e. The van der Waals surface area contributed by atoms with Crippen LogP contribution < -0.4 is 5.32 Å². The van der Waals surface area contributed by atoms with Gasteiger partial charge >= 0.3 is 0 Å². The Bertz CT molecular complexity index is 1150. The van der Waals surface area contributed by atoms with Crippen molar-refractivity contribution in [3.63, 3.8) is 0 Å². The Balaban J connectivity index is 1.70. The van der Waals surface area contributed by atoms with Gasteiger partial charge in [0, 0.05) is 23.5 Å². The third kappa shape index (κ3) is 3.42. The van der Waals surface area contributed by atoms with Gasteiger partial charge in [0.25, 0.3) is 11.7 Å². The largest absolute Gasteiger partial charge is 0.343 e. The van der Waals surface area contributed by atoms with Crippen molar-refractivity contribution in [2.24, 2.45) is 0 Å². The summed E-state index contributed by atoms with van der Waals surface area (Å²) in [7, 11) is 0. The number of amides is 1. The molecule has 3 aromatic heterocycles. The predicted molar refractivity (Wildman–Crippen MR) is 108 cm³/mol. The second kappa shape index (κ2) is 7.48. The van der Waals surface area contributed by atoms with Crippen LogP contribution in [0, 0.1) is 6.92 Å². The number of aromatic nitrogens is 2. The van der Waals surface area contributed by atoms with E-state index in [9.17, 15) is 9.59 Å². The van der Waals surface area contributed by atoms with E-state index < -0.39 is 11.7 Å². The van der Waals surface area contributed by atoms with Crippen molar-refractivity contribution in [2.45, 2.75) is 13.5 Å². The zero-order chi connectivity index (χ0) is 19.5. The van der Waals surface area contributed by atoms with Crippen molar-refractivity contribution in [1.82, 2.24) is 14.7 Å². The highest BCUT2D eigenvalue weighted by Gasteiger charge is 2.24. The number of carbonyl (C=O) groups excluding carboxylic acids is 2. The van der Waals surface area contributed by atoms with Crippen molar-refractivity contribution in [3.05, 3.63) is 96.1 Å². The van der Waals surface area contributed by atoms with Crippen LogP contribution >= 0.6 is 0 Å². The SMILES string of the molecule is Cc1ccc(-c2cc3ccccn3c2C(=O)C(=O)NCc2ccccn2)cc1. The van der Waals surface area contributed by atoms with E-state index >= 15 is 0 Å². The highest BCUT2D eigenvalue weighted by Crippen LogP contribution is 2.28. The number of fused-ring (bicyclic) bond motifs is 1. The lowest BCUT2D eigenvalue weighted by Crippen LogP contribution is -2.31. The number of hydrogen-bond acceptors (Lipinski definition) is 3. The van der Waals surface area contributed by atoms with Gasteiger partial charge in [-0.05, 0) is 42.8 Å². The molecule has 0 saturated heterocycles. The average molecular weight is 369 g/mol. The van der Waals surface area contributed by atoms with E-state index in [1.165, 1.54) is 0 Å². The van der Waals surface area contributed by atoms with Gasteiger partial charge < -0.3 is 9.72 Å². The Morgan fingerprint density at radius 1 is 1.00 bits per heavy atom. The number of aryl methyl sites for hydroxylation is 1. The van der Waals surface area contributed by atoms with E-state index in [0.29, 0.717) is 11.4 Å². The molecule has 0 atom stereocenters.